The molecule has 1 aromatic carbocycles. The molecule has 0 fully saturated rings. The number of hydrogen-bond acceptors (Lipinski definition) is 4. The second-order valence-electron chi connectivity index (χ2n) is 3.06. The molecule has 0 bridgehead atoms. The first-order valence-electron chi connectivity index (χ1n) is 4.32. The van der Waals surface area contributed by atoms with Crippen LogP contribution < -0.4 is 10.5 Å². The molecule has 0 aromatic heterocycles. The first-order valence-corrected chi connectivity index (χ1v) is 5.11. The van der Waals surface area contributed by atoms with Gasteiger partial charge in [-0.15, -0.1) is 0 Å². The molecule has 0 aliphatic heterocycles. The molecule has 0 heterocycles. The summed E-state index contributed by atoms with van der Waals surface area (Å²) in [7, 11) is 1.43. The minimum Gasteiger partial charge on any atom is -0.506 e. The molecule has 0 unspecified atom stereocenters. The number of carbonyl (C=O) groups is 1. The van der Waals surface area contributed by atoms with Crippen molar-refractivity contribution in [3.63, 3.8) is 0 Å². The highest BCUT2D eigenvalue weighted by Gasteiger charge is 2.18. The fraction of sp³-hybridized carbons (Fsp3) is 0.300. The number of carbonyl (C=O) groups excluding carboxylic acids is 1. The Morgan fingerprint density at radius 3 is 2.73 bits per heavy atom. The second kappa shape index (κ2) is 4.63. The van der Waals surface area contributed by atoms with Crippen LogP contribution in [0.1, 0.15) is 15.9 Å². The van der Waals surface area contributed by atoms with E-state index in [2.05, 4.69) is 15.9 Å². The van der Waals surface area contributed by atoms with Crippen molar-refractivity contribution in [3.8, 4) is 11.5 Å². The van der Waals surface area contributed by atoms with Gasteiger partial charge in [0.15, 0.2) is 5.78 Å². The van der Waals surface area contributed by atoms with Crippen molar-refractivity contribution in [2.24, 2.45) is 5.73 Å². The molecule has 1 aromatic rings. The van der Waals surface area contributed by atoms with E-state index in [4.69, 9.17) is 10.5 Å². The predicted octanol–water partition coefficient (Wildman–Crippen LogP) is 1.61. The number of benzene rings is 1. The van der Waals surface area contributed by atoms with Gasteiger partial charge in [-0.3, -0.25) is 4.79 Å². The standard InChI is InChI=1S/C10H12BrNO3/c1-5-3-6(7(13)4-12)10(15-2)8(11)9(5)14/h3,14H,4,12H2,1-2H3. The Kier molecular flexibility index (Phi) is 3.71. The number of hydrogen-bond donors (Lipinski definition) is 2. The number of rotatable bonds is 3. The number of ether oxygens (including phenoxy) is 1. The number of methoxy groups -OCH3 is 1. The molecule has 0 amide bonds. The minimum atomic E-state index is -0.226. The van der Waals surface area contributed by atoms with Crippen molar-refractivity contribution < 1.29 is 14.6 Å². The van der Waals surface area contributed by atoms with Gasteiger partial charge in [-0.25, -0.2) is 0 Å². The van der Waals surface area contributed by atoms with E-state index < -0.39 is 0 Å². The molecule has 0 radical (unpaired) electrons. The Labute approximate surface area is 96.2 Å². The fourth-order valence-electron chi connectivity index (χ4n) is 1.27. The van der Waals surface area contributed by atoms with E-state index in [1.165, 1.54) is 7.11 Å². The summed E-state index contributed by atoms with van der Waals surface area (Å²) in [6.07, 6.45) is 0. The molecular weight excluding hydrogens is 262 g/mol. The molecule has 82 valence electrons. The van der Waals surface area contributed by atoms with Gasteiger partial charge in [0.05, 0.1) is 19.2 Å². The van der Waals surface area contributed by atoms with Crippen molar-refractivity contribution in [2.75, 3.05) is 13.7 Å². The molecule has 4 nitrogen and oxygen atoms in total. The lowest BCUT2D eigenvalue weighted by Crippen LogP contribution is -2.15. The van der Waals surface area contributed by atoms with Crippen molar-refractivity contribution >= 4 is 21.7 Å². The first kappa shape index (κ1) is 12.0. The molecule has 1 rings (SSSR count). The van der Waals surface area contributed by atoms with E-state index in [-0.39, 0.29) is 18.1 Å². The average Bonchev–Trinajstić information content (AvgIpc) is 2.24. The highest BCUT2D eigenvalue weighted by atomic mass is 79.9. The lowest BCUT2D eigenvalue weighted by molar-refractivity contribution is 0.0998. The number of halogens is 1. The van der Waals surface area contributed by atoms with Crippen LogP contribution in [0.4, 0.5) is 0 Å². The van der Waals surface area contributed by atoms with Crippen LogP contribution in [0.2, 0.25) is 0 Å². The van der Waals surface area contributed by atoms with Crippen LogP contribution in [0.3, 0.4) is 0 Å². The van der Waals surface area contributed by atoms with Crippen LogP contribution in [0.5, 0.6) is 11.5 Å². The summed E-state index contributed by atoms with van der Waals surface area (Å²) < 4.78 is 5.43. The summed E-state index contributed by atoms with van der Waals surface area (Å²) in [6, 6.07) is 1.56. The number of Topliss-reactive ketones (excluding diaryl/α,β-unsaturated/α-hetero) is 1. The lowest BCUT2D eigenvalue weighted by Gasteiger charge is -2.12. The number of aryl methyl sites for hydroxylation is 1. The highest BCUT2D eigenvalue weighted by Crippen LogP contribution is 2.39. The normalized spacial score (nSPS) is 10.1. The third-order valence-corrected chi connectivity index (χ3v) is 2.81. The SMILES string of the molecule is COc1c(C(=O)CN)cc(C)c(O)c1Br. The summed E-state index contributed by atoms with van der Waals surface area (Å²) in [5.74, 6) is 0.157. The summed E-state index contributed by atoms with van der Waals surface area (Å²) >= 11 is 3.17. The van der Waals surface area contributed by atoms with Crippen molar-refractivity contribution in [3.05, 3.63) is 21.7 Å². The van der Waals surface area contributed by atoms with E-state index in [1.54, 1.807) is 13.0 Å². The number of phenolic OH excluding ortho intramolecular Hbond substituents is 1. The maximum absolute atomic E-state index is 11.5. The zero-order chi connectivity index (χ0) is 11.6. The van der Waals surface area contributed by atoms with Crippen molar-refractivity contribution in [2.45, 2.75) is 6.92 Å². The number of phenols is 1. The van der Waals surface area contributed by atoms with Crippen molar-refractivity contribution in [1.82, 2.24) is 0 Å². The van der Waals surface area contributed by atoms with Gasteiger partial charge in [-0.05, 0) is 34.5 Å². The molecule has 0 saturated heterocycles. The Balaban J connectivity index is 3.45. The van der Waals surface area contributed by atoms with E-state index in [9.17, 15) is 9.90 Å². The van der Waals surface area contributed by atoms with Crippen LogP contribution in [-0.2, 0) is 0 Å². The maximum atomic E-state index is 11.5. The van der Waals surface area contributed by atoms with E-state index in [1.807, 2.05) is 0 Å². The van der Waals surface area contributed by atoms with Crippen LogP contribution in [-0.4, -0.2) is 24.5 Å². The van der Waals surface area contributed by atoms with E-state index in [0.29, 0.717) is 21.3 Å². The highest BCUT2D eigenvalue weighted by molar-refractivity contribution is 9.10. The Morgan fingerprint density at radius 1 is 1.67 bits per heavy atom. The van der Waals surface area contributed by atoms with Gasteiger partial charge in [0, 0.05) is 0 Å². The average molecular weight is 274 g/mol. The largest absolute Gasteiger partial charge is 0.506 e. The summed E-state index contributed by atoms with van der Waals surface area (Å²) in [4.78, 5) is 11.5. The Hall–Kier alpha value is -1.07. The van der Waals surface area contributed by atoms with E-state index in [0.717, 1.165) is 0 Å². The zero-order valence-electron chi connectivity index (χ0n) is 8.50. The quantitative estimate of drug-likeness (QED) is 0.821. The van der Waals surface area contributed by atoms with Crippen LogP contribution in [0.15, 0.2) is 10.5 Å². The summed E-state index contributed by atoms with van der Waals surface area (Å²) in [5, 5.41) is 9.63. The summed E-state index contributed by atoms with van der Waals surface area (Å²) in [6.45, 7) is 1.61. The molecule has 0 atom stereocenters. The van der Waals surface area contributed by atoms with Crippen molar-refractivity contribution in [1.29, 1.82) is 0 Å². The zero-order valence-corrected chi connectivity index (χ0v) is 10.1. The Bertz CT molecular complexity index is 404. The first-order chi connectivity index (χ1) is 7.02. The van der Waals surface area contributed by atoms with E-state index >= 15 is 0 Å². The second-order valence-corrected chi connectivity index (χ2v) is 3.86. The molecule has 3 N–H and O–H groups in total. The molecule has 0 spiro atoms. The number of aromatic hydroxyl groups is 1. The minimum absolute atomic E-state index is 0.0698. The fourth-order valence-corrected chi connectivity index (χ4v) is 1.95. The monoisotopic (exact) mass is 273 g/mol. The van der Waals surface area contributed by atoms with Gasteiger partial charge < -0.3 is 15.6 Å². The third kappa shape index (κ3) is 2.13. The summed E-state index contributed by atoms with van der Waals surface area (Å²) in [5.41, 5.74) is 6.26. The van der Waals surface area contributed by atoms with Crippen LogP contribution >= 0.6 is 15.9 Å². The molecule has 0 aliphatic carbocycles. The van der Waals surface area contributed by atoms with Gasteiger partial charge in [-0.2, -0.15) is 0 Å². The molecule has 15 heavy (non-hydrogen) atoms. The number of nitrogens with two attached hydrogens (primary N) is 1. The smallest absolute Gasteiger partial charge is 0.180 e. The van der Waals surface area contributed by atoms with Crippen LogP contribution in [0, 0.1) is 6.92 Å². The maximum Gasteiger partial charge on any atom is 0.180 e. The third-order valence-electron chi connectivity index (χ3n) is 2.08. The molecule has 5 heteroatoms. The van der Waals surface area contributed by atoms with Gasteiger partial charge in [-0.1, -0.05) is 0 Å². The van der Waals surface area contributed by atoms with Crippen LogP contribution in [0.25, 0.3) is 0 Å². The topological polar surface area (TPSA) is 72.5 Å². The lowest BCUT2D eigenvalue weighted by atomic mass is 10.1. The van der Waals surface area contributed by atoms with Gasteiger partial charge in [0.1, 0.15) is 16.0 Å². The molecular formula is C10H12BrNO3. The predicted molar refractivity (Wildman–Crippen MR) is 60.5 cm³/mol. The Morgan fingerprint density at radius 2 is 2.27 bits per heavy atom. The van der Waals surface area contributed by atoms with Gasteiger partial charge in [0.25, 0.3) is 0 Å². The molecule has 0 aliphatic rings. The number of ketones is 1. The van der Waals surface area contributed by atoms with Gasteiger partial charge >= 0.3 is 0 Å². The molecule has 0 saturated carbocycles. The van der Waals surface area contributed by atoms with Gasteiger partial charge in [0.2, 0.25) is 0 Å².